The highest BCUT2D eigenvalue weighted by Gasteiger charge is 2.18. The van der Waals surface area contributed by atoms with Crippen molar-refractivity contribution in [3.63, 3.8) is 0 Å². The van der Waals surface area contributed by atoms with E-state index in [-0.39, 0.29) is 0 Å². The zero-order chi connectivity index (χ0) is 39.8. The maximum absolute atomic E-state index is 5.11. The maximum atomic E-state index is 5.11. The average Bonchev–Trinajstić information content (AvgIpc) is 3.33. The molecule has 7 nitrogen and oxygen atoms in total. The van der Waals surface area contributed by atoms with Crippen LogP contribution in [0.25, 0.3) is 112 Å². The molecular formula is C53H33N7. The van der Waals surface area contributed by atoms with Crippen molar-refractivity contribution in [2.24, 2.45) is 0 Å². The molecule has 11 rings (SSSR count). The molecule has 0 saturated heterocycles. The monoisotopic (exact) mass is 767 g/mol. The van der Waals surface area contributed by atoms with E-state index in [1.807, 2.05) is 97.1 Å². The van der Waals surface area contributed by atoms with Crippen LogP contribution in [0.4, 0.5) is 0 Å². The molecule has 60 heavy (non-hydrogen) atoms. The van der Waals surface area contributed by atoms with Crippen LogP contribution in [0.1, 0.15) is 0 Å². The Bertz CT molecular complexity index is 3170. The second kappa shape index (κ2) is 14.9. The van der Waals surface area contributed by atoms with E-state index in [0.717, 1.165) is 94.6 Å². The van der Waals surface area contributed by atoms with Gasteiger partial charge in [0.1, 0.15) is 0 Å². The van der Waals surface area contributed by atoms with Crippen molar-refractivity contribution in [2.45, 2.75) is 0 Å². The Balaban J connectivity index is 1.02. The highest BCUT2D eigenvalue weighted by Crippen LogP contribution is 2.35. The third kappa shape index (κ3) is 6.60. The molecule has 8 aromatic carbocycles. The van der Waals surface area contributed by atoms with E-state index in [1.54, 1.807) is 0 Å². The Labute approximate surface area is 345 Å². The summed E-state index contributed by atoms with van der Waals surface area (Å²) in [6.07, 6.45) is 0. The lowest BCUT2D eigenvalue weighted by Gasteiger charge is -2.12. The van der Waals surface area contributed by atoms with Gasteiger partial charge in [0.15, 0.2) is 17.5 Å². The zero-order valence-corrected chi connectivity index (χ0v) is 32.2. The van der Waals surface area contributed by atoms with Gasteiger partial charge in [0.2, 0.25) is 0 Å². The lowest BCUT2D eigenvalue weighted by molar-refractivity contribution is 1.07. The predicted molar refractivity (Wildman–Crippen MR) is 242 cm³/mol. The zero-order valence-electron chi connectivity index (χ0n) is 32.2. The third-order valence-corrected chi connectivity index (χ3v) is 10.7. The summed E-state index contributed by atoms with van der Waals surface area (Å²) in [5.41, 5.74) is 13.2. The van der Waals surface area contributed by atoms with Crippen molar-refractivity contribution in [3.8, 4) is 79.2 Å². The molecule has 280 valence electrons. The molecule has 0 amide bonds. The SMILES string of the molecule is c1ccc(-c2nc3ccccc3nc2-c2ccc(-c3nc(-c4ccc(-c5nc6ccccc6nc5-c5ccccc5)cc4)nc(-c4ccc5ccccc5c4)n3)cc2)cc1. The molecule has 0 N–H and O–H groups in total. The van der Waals surface area contributed by atoms with Crippen LogP contribution in [0.3, 0.4) is 0 Å². The lowest BCUT2D eigenvalue weighted by atomic mass is 10.0. The summed E-state index contributed by atoms with van der Waals surface area (Å²) in [5.74, 6) is 1.73. The van der Waals surface area contributed by atoms with Crippen LogP contribution in [0.15, 0.2) is 200 Å². The number of aromatic nitrogens is 7. The van der Waals surface area contributed by atoms with Gasteiger partial charge in [0.25, 0.3) is 0 Å². The Kier molecular flexibility index (Phi) is 8.67. The van der Waals surface area contributed by atoms with Crippen molar-refractivity contribution in [3.05, 3.63) is 200 Å². The fourth-order valence-electron chi connectivity index (χ4n) is 7.64. The smallest absolute Gasteiger partial charge is 0.164 e. The van der Waals surface area contributed by atoms with E-state index in [9.17, 15) is 0 Å². The van der Waals surface area contributed by atoms with Crippen LogP contribution in [0.5, 0.6) is 0 Å². The number of benzene rings is 8. The molecule has 0 saturated carbocycles. The van der Waals surface area contributed by atoms with E-state index in [2.05, 4.69) is 103 Å². The highest BCUT2D eigenvalue weighted by molar-refractivity contribution is 5.89. The van der Waals surface area contributed by atoms with Gasteiger partial charge in [-0.1, -0.05) is 170 Å². The predicted octanol–water partition coefficient (Wildman–Crippen LogP) is 12.6. The van der Waals surface area contributed by atoms with Crippen LogP contribution >= 0.6 is 0 Å². The van der Waals surface area contributed by atoms with Gasteiger partial charge in [-0.25, -0.2) is 34.9 Å². The fourth-order valence-corrected chi connectivity index (χ4v) is 7.64. The van der Waals surface area contributed by atoms with Crippen molar-refractivity contribution in [1.29, 1.82) is 0 Å². The summed E-state index contributed by atoms with van der Waals surface area (Å²) in [4.78, 5) is 35.6. The van der Waals surface area contributed by atoms with Gasteiger partial charge >= 0.3 is 0 Å². The Hall–Kier alpha value is -8.29. The number of rotatable bonds is 7. The molecular weight excluding hydrogens is 735 g/mol. The third-order valence-electron chi connectivity index (χ3n) is 10.7. The first-order valence-electron chi connectivity index (χ1n) is 19.8. The summed E-state index contributed by atoms with van der Waals surface area (Å²) in [5, 5.41) is 2.27. The molecule has 0 bridgehead atoms. The summed E-state index contributed by atoms with van der Waals surface area (Å²) in [6.45, 7) is 0. The van der Waals surface area contributed by atoms with E-state index in [4.69, 9.17) is 34.9 Å². The van der Waals surface area contributed by atoms with E-state index in [1.165, 1.54) is 0 Å². The highest BCUT2D eigenvalue weighted by atomic mass is 15.0. The number of hydrogen-bond acceptors (Lipinski definition) is 7. The van der Waals surface area contributed by atoms with Crippen molar-refractivity contribution < 1.29 is 0 Å². The first kappa shape index (κ1) is 34.9. The lowest BCUT2D eigenvalue weighted by Crippen LogP contribution is -2.01. The Morgan fingerprint density at radius 3 is 0.917 bits per heavy atom. The molecule has 0 unspecified atom stereocenters. The summed E-state index contributed by atoms with van der Waals surface area (Å²) in [6, 6.07) is 67.5. The topological polar surface area (TPSA) is 90.2 Å². The molecule has 0 radical (unpaired) electrons. The number of para-hydroxylation sites is 4. The number of nitrogens with zero attached hydrogens (tertiary/aromatic N) is 7. The first-order valence-corrected chi connectivity index (χ1v) is 19.8. The maximum Gasteiger partial charge on any atom is 0.164 e. The largest absolute Gasteiger partial charge is 0.244 e. The van der Waals surface area contributed by atoms with Crippen molar-refractivity contribution in [1.82, 2.24) is 34.9 Å². The quantitative estimate of drug-likeness (QED) is 0.159. The molecule has 0 aliphatic carbocycles. The Morgan fingerprint density at radius 1 is 0.200 bits per heavy atom. The van der Waals surface area contributed by atoms with Gasteiger partial charge in [-0.2, -0.15) is 0 Å². The van der Waals surface area contributed by atoms with Crippen LogP contribution in [-0.2, 0) is 0 Å². The normalized spacial score (nSPS) is 11.3. The molecule has 0 spiro atoms. The van der Waals surface area contributed by atoms with Crippen LogP contribution in [-0.4, -0.2) is 34.9 Å². The second-order valence-electron chi connectivity index (χ2n) is 14.6. The fraction of sp³-hybridized carbons (Fsp3) is 0. The minimum atomic E-state index is 0.568. The second-order valence-corrected chi connectivity index (χ2v) is 14.6. The standard InChI is InChI=1S/C53H33N7/c1-3-14-35(15-4-1)47-49(56-45-21-11-9-19-43(45)54-47)37-24-28-39(29-25-37)51-58-52(60-53(59-51)42-32-23-34-13-7-8-18-41(34)33-42)40-30-26-38(27-31-40)50-48(36-16-5-2-6-17-36)55-44-20-10-12-22-46(44)57-50/h1-33H. The summed E-state index contributed by atoms with van der Waals surface area (Å²) < 4.78 is 0. The van der Waals surface area contributed by atoms with Crippen LogP contribution < -0.4 is 0 Å². The molecule has 0 aliphatic rings. The molecule has 3 aromatic heterocycles. The molecule has 3 heterocycles. The van der Waals surface area contributed by atoms with Crippen LogP contribution in [0.2, 0.25) is 0 Å². The van der Waals surface area contributed by atoms with Gasteiger partial charge in [-0.05, 0) is 41.1 Å². The summed E-state index contributed by atoms with van der Waals surface area (Å²) >= 11 is 0. The minimum Gasteiger partial charge on any atom is -0.244 e. The van der Waals surface area contributed by atoms with Crippen molar-refractivity contribution in [2.75, 3.05) is 0 Å². The molecule has 7 heteroatoms. The van der Waals surface area contributed by atoms with Gasteiger partial charge in [0, 0.05) is 38.9 Å². The number of hydrogen-bond donors (Lipinski definition) is 0. The Morgan fingerprint density at radius 2 is 0.500 bits per heavy atom. The molecule has 11 aromatic rings. The van der Waals surface area contributed by atoms with Gasteiger partial charge in [0.05, 0.1) is 44.8 Å². The first-order chi connectivity index (χ1) is 29.7. The minimum absolute atomic E-state index is 0.568. The van der Waals surface area contributed by atoms with E-state index < -0.39 is 0 Å². The van der Waals surface area contributed by atoms with Crippen LogP contribution in [0, 0.1) is 0 Å². The van der Waals surface area contributed by atoms with Gasteiger partial charge in [-0.15, -0.1) is 0 Å². The number of fused-ring (bicyclic) bond motifs is 3. The van der Waals surface area contributed by atoms with Gasteiger partial charge in [-0.3, -0.25) is 0 Å². The van der Waals surface area contributed by atoms with E-state index >= 15 is 0 Å². The van der Waals surface area contributed by atoms with E-state index in [0.29, 0.717) is 17.5 Å². The molecule has 0 fully saturated rings. The van der Waals surface area contributed by atoms with Gasteiger partial charge < -0.3 is 0 Å². The van der Waals surface area contributed by atoms with Crippen molar-refractivity contribution >= 4 is 32.8 Å². The summed E-state index contributed by atoms with van der Waals surface area (Å²) in [7, 11) is 0. The molecule has 0 aliphatic heterocycles. The molecule has 0 atom stereocenters. The average molecular weight is 768 g/mol.